The van der Waals surface area contributed by atoms with Crippen LogP contribution in [0.15, 0.2) is 102 Å². The van der Waals surface area contributed by atoms with Crippen molar-refractivity contribution in [1.29, 1.82) is 0 Å². The molecule has 1 aliphatic rings. The molecular formula is C30H27N3O5. The average Bonchev–Trinajstić information content (AvgIpc) is 3.57. The second-order valence-electron chi connectivity index (χ2n) is 9.04. The summed E-state index contributed by atoms with van der Waals surface area (Å²) in [4.78, 5) is 40.4. The molecule has 2 heterocycles. The molecule has 38 heavy (non-hydrogen) atoms. The molecular weight excluding hydrogens is 482 g/mol. The van der Waals surface area contributed by atoms with Crippen molar-refractivity contribution in [2.45, 2.75) is 32.2 Å². The van der Waals surface area contributed by atoms with Crippen LogP contribution >= 0.6 is 0 Å². The lowest BCUT2D eigenvalue weighted by Crippen LogP contribution is -2.46. The Morgan fingerprint density at radius 3 is 2.34 bits per heavy atom. The normalized spacial score (nSPS) is 16.7. The number of carbonyl (C=O) groups is 3. The summed E-state index contributed by atoms with van der Waals surface area (Å²) in [5.41, 5.74) is 3.70. The molecule has 0 unspecified atom stereocenters. The van der Waals surface area contributed by atoms with E-state index in [0.717, 1.165) is 11.1 Å². The van der Waals surface area contributed by atoms with Crippen LogP contribution in [0.1, 0.15) is 38.9 Å². The van der Waals surface area contributed by atoms with Crippen molar-refractivity contribution in [3.8, 4) is 0 Å². The molecule has 8 nitrogen and oxygen atoms in total. The summed E-state index contributed by atoms with van der Waals surface area (Å²) < 4.78 is 11.1. The summed E-state index contributed by atoms with van der Waals surface area (Å²) in [5, 5.41) is 5.73. The predicted molar refractivity (Wildman–Crippen MR) is 141 cm³/mol. The van der Waals surface area contributed by atoms with E-state index in [1.807, 2.05) is 37.3 Å². The Bertz CT molecular complexity index is 1420. The Labute approximate surface area is 220 Å². The van der Waals surface area contributed by atoms with E-state index in [1.54, 1.807) is 60.7 Å². The highest BCUT2D eigenvalue weighted by molar-refractivity contribution is 6.04. The van der Waals surface area contributed by atoms with Crippen LogP contribution in [-0.2, 0) is 22.6 Å². The van der Waals surface area contributed by atoms with Crippen LogP contribution in [0.2, 0.25) is 0 Å². The van der Waals surface area contributed by atoms with Crippen molar-refractivity contribution in [2.75, 3.05) is 5.32 Å². The second kappa shape index (κ2) is 11.0. The maximum atomic E-state index is 13.4. The van der Waals surface area contributed by atoms with Crippen LogP contribution < -0.4 is 10.6 Å². The van der Waals surface area contributed by atoms with Gasteiger partial charge < -0.3 is 19.8 Å². The molecule has 3 aromatic carbocycles. The molecule has 3 amide bonds. The first-order valence-corrected chi connectivity index (χ1v) is 12.3. The molecule has 1 saturated heterocycles. The molecule has 192 valence electrons. The fourth-order valence-corrected chi connectivity index (χ4v) is 4.42. The second-order valence-corrected chi connectivity index (χ2v) is 9.04. The van der Waals surface area contributed by atoms with E-state index < -0.39 is 18.2 Å². The summed E-state index contributed by atoms with van der Waals surface area (Å²) >= 11 is 0. The van der Waals surface area contributed by atoms with Gasteiger partial charge >= 0.3 is 6.09 Å². The van der Waals surface area contributed by atoms with E-state index in [-0.39, 0.29) is 24.9 Å². The number of benzene rings is 3. The lowest BCUT2D eigenvalue weighted by Gasteiger charge is -2.24. The first-order valence-electron chi connectivity index (χ1n) is 12.3. The number of anilines is 1. The number of furan rings is 1. The minimum absolute atomic E-state index is 0.186. The van der Waals surface area contributed by atoms with E-state index in [0.29, 0.717) is 22.6 Å². The first kappa shape index (κ1) is 24.8. The number of nitrogens with one attached hydrogen (secondary N) is 2. The highest BCUT2D eigenvalue weighted by Gasteiger charge is 2.47. The molecule has 2 atom stereocenters. The van der Waals surface area contributed by atoms with E-state index in [4.69, 9.17) is 9.15 Å². The molecule has 0 aliphatic carbocycles. The van der Waals surface area contributed by atoms with Crippen molar-refractivity contribution in [3.05, 3.63) is 125 Å². The van der Waals surface area contributed by atoms with Crippen molar-refractivity contribution in [2.24, 2.45) is 0 Å². The quantitative estimate of drug-likeness (QED) is 0.339. The highest BCUT2D eigenvalue weighted by atomic mass is 16.6. The van der Waals surface area contributed by atoms with Crippen molar-refractivity contribution in [3.63, 3.8) is 0 Å². The van der Waals surface area contributed by atoms with Crippen molar-refractivity contribution in [1.82, 2.24) is 10.2 Å². The number of aryl methyl sites for hydroxylation is 1. The third-order valence-corrected chi connectivity index (χ3v) is 6.51. The molecule has 5 rings (SSSR count). The fourth-order valence-electron chi connectivity index (χ4n) is 4.42. The molecule has 8 heteroatoms. The minimum atomic E-state index is -0.901. The first-order chi connectivity index (χ1) is 18.5. The van der Waals surface area contributed by atoms with E-state index in [2.05, 4.69) is 10.6 Å². The zero-order chi connectivity index (χ0) is 26.5. The maximum absolute atomic E-state index is 13.4. The predicted octanol–water partition coefficient (Wildman–Crippen LogP) is 5.22. The van der Waals surface area contributed by atoms with Crippen LogP contribution in [0.25, 0.3) is 0 Å². The topological polar surface area (TPSA) is 101 Å². The van der Waals surface area contributed by atoms with Crippen LogP contribution in [0.4, 0.5) is 10.5 Å². The van der Waals surface area contributed by atoms with Gasteiger partial charge in [-0.15, -0.1) is 0 Å². The molecule has 1 fully saturated rings. The fraction of sp³-hybridized carbons (Fsp3) is 0.167. The summed E-state index contributed by atoms with van der Waals surface area (Å²) in [7, 11) is 0. The van der Waals surface area contributed by atoms with Crippen molar-refractivity contribution >= 4 is 23.6 Å². The van der Waals surface area contributed by atoms with Gasteiger partial charge in [0.15, 0.2) is 12.1 Å². The number of amides is 3. The maximum Gasteiger partial charge on any atom is 0.411 e. The monoisotopic (exact) mass is 509 g/mol. The van der Waals surface area contributed by atoms with Gasteiger partial charge in [-0.25, -0.2) is 4.79 Å². The SMILES string of the molecule is Cc1ccccc1CN1C(=O)O[C@H](c2ccc(NC(=O)c3ccccc3)cc2)[C@@H]1C(=O)NCc1ccco1. The van der Waals surface area contributed by atoms with E-state index in [1.165, 1.54) is 11.2 Å². The summed E-state index contributed by atoms with van der Waals surface area (Å²) in [6.45, 7) is 2.38. The Hall–Kier alpha value is -4.85. The summed E-state index contributed by atoms with van der Waals surface area (Å²) in [5.74, 6) is 0.0154. The van der Waals surface area contributed by atoms with Crippen LogP contribution in [0.5, 0.6) is 0 Å². The smallest absolute Gasteiger partial charge is 0.411 e. The van der Waals surface area contributed by atoms with Gasteiger partial charge in [0.25, 0.3) is 5.91 Å². The number of rotatable bonds is 8. The zero-order valence-electron chi connectivity index (χ0n) is 20.8. The van der Waals surface area contributed by atoms with Gasteiger partial charge in [-0.1, -0.05) is 54.6 Å². The van der Waals surface area contributed by atoms with Crippen LogP contribution in [-0.4, -0.2) is 28.8 Å². The summed E-state index contributed by atoms with van der Waals surface area (Å²) in [6.07, 6.45) is 0.134. The van der Waals surface area contributed by atoms with Gasteiger partial charge in [0, 0.05) is 11.3 Å². The van der Waals surface area contributed by atoms with Gasteiger partial charge in [0.05, 0.1) is 19.4 Å². The van der Waals surface area contributed by atoms with Gasteiger partial charge in [0.2, 0.25) is 5.91 Å². The van der Waals surface area contributed by atoms with Crippen molar-refractivity contribution < 1.29 is 23.5 Å². The molecule has 4 aromatic rings. The molecule has 1 aromatic heterocycles. The number of carbonyl (C=O) groups excluding carboxylic acids is 3. The zero-order valence-corrected chi connectivity index (χ0v) is 20.8. The Kier molecular flexibility index (Phi) is 7.21. The molecule has 0 saturated carbocycles. The Morgan fingerprint density at radius 1 is 0.895 bits per heavy atom. The Balaban J connectivity index is 1.37. The largest absolute Gasteiger partial charge is 0.467 e. The van der Waals surface area contributed by atoms with Gasteiger partial charge in [0.1, 0.15) is 5.76 Å². The third-order valence-electron chi connectivity index (χ3n) is 6.51. The van der Waals surface area contributed by atoms with Crippen LogP contribution in [0, 0.1) is 6.92 Å². The molecule has 0 radical (unpaired) electrons. The lowest BCUT2D eigenvalue weighted by atomic mass is 9.99. The molecule has 2 N–H and O–H groups in total. The standard InChI is InChI=1S/C30H27N3O5/c1-20-8-5-6-11-23(20)19-33-26(29(35)31-18-25-12-7-17-37-25)27(38-30(33)36)21-13-15-24(16-14-21)32-28(34)22-9-3-2-4-10-22/h2-17,26-27H,18-19H2,1H3,(H,31,35)(H,32,34)/t26-,27-/m1/s1. The van der Waals surface area contributed by atoms with Gasteiger partial charge in [-0.2, -0.15) is 0 Å². The van der Waals surface area contributed by atoms with Crippen LogP contribution in [0.3, 0.4) is 0 Å². The van der Waals surface area contributed by atoms with E-state index in [9.17, 15) is 14.4 Å². The number of hydrogen-bond donors (Lipinski definition) is 2. The van der Waals surface area contributed by atoms with E-state index >= 15 is 0 Å². The number of cyclic esters (lactones) is 1. The molecule has 1 aliphatic heterocycles. The number of nitrogens with zero attached hydrogens (tertiary/aromatic N) is 1. The third kappa shape index (κ3) is 5.44. The molecule has 0 spiro atoms. The lowest BCUT2D eigenvalue weighted by molar-refractivity contribution is -0.126. The van der Waals surface area contributed by atoms with Gasteiger partial charge in [-0.05, 0) is 60.0 Å². The number of hydrogen-bond acceptors (Lipinski definition) is 5. The minimum Gasteiger partial charge on any atom is -0.467 e. The Morgan fingerprint density at radius 2 is 1.63 bits per heavy atom. The van der Waals surface area contributed by atoms with Gasteiger partial charge in [-0.3, -0.25) is 14.5 Å². The summed E-state index contributed by atoms with van der Waals surface area (Å²) in [6, 6.07) is 26.2. The average molecular weight is 510 g/mol. The highest BCUT2D eigenvalue weighted by Crippen LogP contribution is 2.35. The molecule has 0 bridgehead atoms. The number of ether oxygens (including phenoxy) is 1.